The Morgan fingerprint density at radius 1 is 1.12 bits per heavy atom. The second-order valence-corrected chi connectivity index (χ2v) is 5.29. The van der Waals surface area contributed by atoms with Crippen LogP contribution in [-0.4, -0.2) is 17.4 Å². The number of fused-ring (bicyclic) bond motifs is 1. The third kappa shape index (κ3) is 5.07. The van der Waals surface area contributed by atoms with Crippen molar-refractivity contribution in [1.29, 1.82) is 0 Å². The van der Waals surface area contributed by atoms with Crippen LogP contribution in [0.1, 0.15) is 27.2 Å². The smallest absolute Gasteiger partial charge is 0.322 e. The Hall–Kier alpha value is -1.83. The highest BCUT2D eigenvalue weighted by Gasteiger charge is 2.32. The van der Waals surface area contributed by atoms with Crippen LogP contribution >= 0.6 is 24.8 Å². The molecular weight excluding hydrogens is 378 g/mol. The number of anilines is 1. The minimum Gasteiger partial charge on any atom is -0.322 e. The van der Waals surface area contributed by atoms with Crippen molar-refractivity contribution < 1.29 is 18.0 Å². The van der Waals surface area contributed by atoms with Crippen molar-refractivity contribution in [3.8, 4) is 0 Å². The number of benzene rings is 1. The third-order valence-electron chi connectivity index (χ3n) is 3.67. The van der Waals surface area contributed by atoms with Gasteiger partial charge in [0.05, 0.1) is 5.56 Å². The molecule has 2 N–H and O–H groups in total. The van der Waals surface area contributed by atoms with Crippen LogP contribution < -0.4 is 10.6 Å². The quantitative estimate of drug-likeness (QED) is 0.814. The molecule has 1 aliphatic rings. The fourth-order valence-corrected chi connectivity index (χ4v) is 2.46. The van der Waals surface area contributed by atoms with Gasteiger partial charge in [0, 0.05) is 18.4 Å². The molecule has 25 heavy (non-hydrogen) atoms. The SMILES string of the molecule is Cl.Cl.O=C(Nc1ccc2c(c1)CNCC2)c1ccc(C(F)(F)F)nc1. The maximum Gasteiger partial charge on any atom is 0.433 e. The van der Waals surface area contributed by atoms with Crippen molar-refractivity contribution in [3.63, 3.8) is 0 Å². The van der Waals surface area contributed by atoms with Crippen molar-refractivity contribution in [2.45, 2.75) is 19.1 Å². The normalized spacial score (nSPS) is 13.1. The molecule has 1 aromatic carbocycles. The summed E-state index contributed by atoms with van der Waals surface area (Å²) in [4.78, 5) is 15.4. The Morgan fingerprint density at radius 2 is 1.88 bits per heavy atom. The van der Waals surface area contributed by atoms with Gasteiger partial charge in [-0.05, 0) is 48.4 Å². The topological polar surface area (TPSA) is 54.0 Å². The predicted molar refractivity (Wildman–Crippen MR) is 93.5 cm³/mol. The molecule has 0 atom stereocenters. The summed E-state index contributed by atoms with van der Waals surface area (Å²) in [6, 6.07) is 7.53. The number of pyridine rings is 1. The van der Waals surface area contributed by atoms with E-state index >= 15 is 0 Å². The first kappa shape index (κ1) is 21.2. The summed E-state index contributed by atoms with van der Waals surface area (Å²) in [5.41, 5.74) is 2.01. The molecule has 1 aliphatic heterocycles. The van der Waals surface area contributed by atoms with E-state index in [0.29, 0.717) is 5.69 Å². The first-order chi connectivity index (χ1) is 10.9. The van der Waals surface area contributed by atoms with E-state index in [1.54, 1.807) is 6.07 Å². The first-order valence-electron chi connectivity index (χ1n) is 7.10. The van der Waals surface area contributed by atoms with Crippen molar-refractivity contribution >= 4 is 36.4 Å². The Labute approximate surface area is 155 Å². The molecule has 3 rings (SSSR count). The number of halogens is 5. The summed E-state index contributed by atoms with van der Waals surface area (Å²) >= 11 is 0. The van der Waals surface area contributed by atoms with Gasteiger partial charge >= 0.3 is 6.18 Å². The molecule has 2 aromatic rings. The third-order valence-corrected chi connectivity index (χ3v) is 3.67. The van der Waals surface area contributed by atoms with Gasteiger partial charge in [0.25, 0.3) is 5.91 Å². The van der Waals surface area contributed by atoms with Gasteiger partial charge in [-0.25, -0.2) is 0 Å². The number of alkyl halides is 3. The zero-order valence-corrected chi connectivity index (χ0v) is 14.5. The van der Waals surface area contributed by atoms with E-state index in [-0.39, 0.29) is 30.4 Å². The van der Waals surface area contributed by atoms with Crippen LogP contribution in [0.15, 0.2) is 36.5 Å². The van der Waals surface area contributed by atoms with E-state index < -0.39 is 17.8 Å². The monoisotopic (exact) mass is 393 g/mol. The Bertz CT molecular complexity index is 736. The summed E-state index contributed by atoms with van der Waals surface area (Å²) < 4.78 is 37.4. The lowest BCUT2D eigenvalue weighted by Gasteiger charge is -2.18. The molecule has 0 bridgehead atoms. The molecule has 1 aromatic heterocycles. The lowest BCUT2D eigenvalue weighted by molar-refractivity contribution is -0.141. The minimum absolute atomic E-state index is 0. The molecule has 0 fully saturated rings. The number of rotatable bonds is 2. The van der Waals surface area contributed by atoms with Crippen LogP contribution in [0.5, 0.6) is 0 Å². The number of carbonyl (C=O) groups excluding carboxylic acids is 1. The molecule has 0 radical (unpaired) electrons. The summed E-state index contributed by atoms with van der Waals surface area (Å²) in [6.07, 6.45) is -2.65. The molecule has 1 amide bonds. The Kier molecular flexibility index (Phi) is 7.22. The van der Waals surface area contributed by atoms with Gasteiger partial charge in [-0.1, -0.05) is 6.07 Å². The first-order valence-corrected chi connectivity index (χ1v) is 7.10. The van der Waals surface area contributed by atoms with Crippen molar-refractivity contribution in [1.82, 2.24) is 10.3 Å². The number of amides is 1. The summed E-state index contributed by atoms with van der Waals surface area (Å²) in [6.45, 7) is 1.66. The minimum atomic E-state index is -4.51. The Balaban J connectivity index is 0.00000156. The fourth-order valence-electron chi connectivity index (χ4n) is 2.46. The zero-order chi connectivity index (χ0) is 16.4. The van der Waals surface area contributed by atoms with Gasteiger partial charge < -0.3 is 10.6 Å². The Morgan fingerprint density at radius 3 is 2.52 bits per heavy atom. The standard InChI is InChI=1S/C16H14F3N3O.2ClH/c17-16(18,19)14-4-2-11(9-21-14)15(23)22-13-3-1-10-5-6-20-8-12(10)7-13;;/h1-4,7,9,20H,5-6,8H2,(H,22,23);2*1H. The number of nitrogens with one attached hydrogen (secondary N) is 2. The lowest BCUT2D eigenvalue weighted by Crippen LogP contribution is -2.23. The second-order valence-electron chi connectivity index (χ2n) is 5.29. The fraction of sp³-hybridized carbons (Fsp3) is 0.250. The van der Waals surface area contributed by atoms with Crippen LogP contribution in [0.2, 0.25) is 0 Å². The molecule has 0 unspecified atom stereocenters. The van der Waals surface area contributed by atoms with Gasteiger partial charge in [0.2, 0.25) is 0 Å². The second kappa shape index (κ2) is 8.51. The molecule has 0 saturated heterocycles. The van der Waals surface area contributed by atoms with Crippen molar-refractivity contribution in [2.24, 2.45) is 0 Å². The van der Waals surface area contributed by atoms with Crippen LogP contribution in [0.4, 0.5) is 18.9 Å². The predicted octanol–water partition coefficient (Wildman–Crippen LogP) is 3.84. The van der Waals surface area contributed by atoms with E-state index in [2.05, 4.69) is 15.6 Å². The number of carbonyl (C=O) groups is 1. The van der Waals surface area contributed by atoms with Gasteiger partial charge in [-0.3, -0.25) is 9.78 Å². The average molecular weight is 394 g/mol. The van der Waals surface area contributed by atoms with E-state index in [1.165, 1.54) is 5.56 Å². The average Bonchev–Trinajstić information content (AvgIpc) is 2.54. The van der Waals surface area contributed by atoms with Crippen molar-refractivity contribution in [2.75, 3.05) is 11.9 Å². The molecule has 0 aliphatic carbocycles. The van der Waals surface area contributed by atoms with Gasteiger partial charge in [0.1, 0.15) is 5.69 Å². The van der Waals surface area contributed by atoms with E-state index in [4.69, 9.17) is 0 Å². The molecule has 136 valence electrons. The summed E-state index contributed by atoms with van der Waals surface area (Å²) in [5.74, 6) is -0.491. The summed E-state index contributed by atoms with van der Waals surface area (Å²) in [7, 11) is 0. The summed E-state index contributed by atoms with van der Waals surface area (Å²) in [5, 5.41) is 5.92. The number of hydrogen-bond acceptors (Lipinski definition) is 3. The highest BCUT2D eigenvalue weighted by molar-refractivity contribution is 6.04. The van der Waals surface area contributed by atoms with E-state index in [1.807, 2.05) is 12.1 Å². The number of nitrogens with zero attached hydrogens (tertiary/aromatic N) is 1. The number of hydrogen-bond donors (Lipinski definition) is 2. The largest absolute Gasteiger partial charge is 0.433 e. The van der Waals surface area contributed by atoms with Crippen LogP contribution in [0.3, 0.4) is 0 Å². The molecular formula is C16H16Cl2F3N3O. The van der Waals surface area contributed by atoms with E-state index in [0.717, 1.165) is 43.4 Å². The molecule has 9 heteroatoms. The van der Waals surface area contributed by atoms with Crippen LogP contribution in [-0.2, 0) is 19.1 Å². The maximum atomic E-state index is 12.5. The maximum absolute atomic E-state index is 12.5. The van der Waals surface area contributed by atoms with Crippen LogP contribution in [0, 0.1) is 0 Å². The van der Waals surface area contributed by atoms with Gasteiger partial charge in [-0.2, -0.15) is 13.2 Å². The highest BCUT2D eigenvalue weighted by atomic mass is 35.5. The van der Waals surface area contributed by atoms with Gasteiger partial charge in [-0.15, -0.1) is 24.8 Å². The van der Waals surface area contributed by atoms with Crippen molar-refractivity contribution in [3.05, 3.63) is 58.9 Å². The highest BCUT2D eigenvalue weighted by Crippen LogP contribution is 2.27. The lowest BCUT2D eigenvalue weighted by atomic mass is 10.0. The molecule has 2 heterocycles. The zero-order valence-electron chi connectivity index (χ0n) is 12.9. The van der Waals surface area contributed by atoms with Gasteiger partial charge in [0.15, 0.2) is 0 Å². The molecule has 0 spiro atoms. The molecule has 4 nitrogen and oxygen atoms in total. The number of aromatic nitrogens is 1. The van der Waals surface area contributed by atoms with Crippen LogP contribution in [0.25, 0.3) is 0 Å². The van der Waals surface area contributed by atoms with E-state index in [9.17, 15) is 18.0 Å². The molecule has 0 saturated carbocycles.